The van der Waals surface area contributed by atoms with E-state index in [-0.39, 0.29) is 24.1 Å². The quantitative estimate of drug-likeness (QED) is 0.704. The van der Waals surface area contributed by atoms with Crippen LogP contribution in [0.1, 0.15) is 28.4 Å². The number of ether oxygens (including phenoxy) is 1. The van der Waals surface area contributed by atoms with Gasteiger partial charge in [0.15, 0.2) is 0 Å². The number of hydrogen-bond acceptors (Lipinski definition) is 4. The van der Waals surface area contributed by atoms with Gasteiger partial charge in [-0.2, -0.15) is 0 Å². The monoisotopic (exact) mass is 393 g/mol. The first-order chi connectivity index (χ1) is 12.8. The highest BCUT2D eigenvalue weighted by molar-refractivity contribution is 6.30. The zero-order valence-corrected chi connectivity index (χ0v) is 15.6. The maximum Gasteiger partial charge on any atom is 0.251 e. The molecular formula is C20H21ClFNO4. The van der Waals surface area contributed by atoms with Crippen molar-refractivity contribution in [3.63, 3.8) is 0 Å². The molecule has 0 spiro atoms. The van der Waals surface area contributed by atoms with Crippen LogP contribution in [0.25, 0.3) is 0 Å². The first kappa shape index (κ1) is 19.6. The van der Waals surface area contributed by atoms with Crippen molar-refractivity contribution < 1.29 is 24.1 Å². The molecule has 1 amide bonds. The highest BCUT2D eigenvalue weighted by Crippen LogP contribution is 2.37. The van der Waals surface area contributed by atoms with Gasteiger partial charge in [0.1, 0.15) is 17.2 Å². The number of amides is 1. The van der Waals surface area contributed by atoms with Crippen molar-refractivity contribution in [2.24, 2.45) is 0 Å². The minimum absolute atomic E-state index is 0.0826. The Kier molecular flexibility index (Phi) is 5.69. The van der Waals surface area contributed by atoms with Gasteiger partial charge in [0.05, 0.1) is 24.3 Å². The number of carbonyl (C=O) groups excluding carboxylic acids is 1. The minimum atomic E-state index is -0.702. The smallest absolute Gasteiger partial charge is 0.251 e. The second-order valence-electron chi connectivity index (χ2n) is 7.01. The Bertz CT molecular complexity index is 856. The number of carbonyl (C=O) groups is 1. The first-order valence-electron chi connectivity index (χ1n) is 8.62. The van der Waals surface area contributed by atoms with E-state index in [1.165, 1.54) is 12.1 Å². The molecule has 2 aromatic carbocycles. The van der Waals surface area contributed by atoms with E-state index in [2.05, 4.69) is 5.32 Å². The molecule has 5 nitrogen and oxygen atoms in total. The summed E-state index contributed by atoms with van der Waals surface area (Å²) in [6.45, 7) is 1.25. The van der Waals surface area contributed by atoms with Gasteiger partial charge >= 0.3 is 0 Å². The van der Waals surface area contributed by atoms with Gasteiger partial charge < -0.3 is 20.3 Å². The van der Waals surface area contributed by atoms with E-state index in [9.17, 15) is 9.18 Å². The van der Waals surface area contributed by atoms with Crippen LogP contribution < -0.4 is 10.1 Å². The molecule has 2 aromatic rings. The predicted molar refractivity (Wildman–Crippen MR) is 99.7 cm³/mol. The zero-order chi connectivity index (χ0) is 19.6. The van der Waals surface area contributed by atoms with Crippen LogP contribution in [0.3, 0.4) is 0 Å². The van der Waals surface area contributed by atoms with Gasteiger partial charge in [0.2, 0.25) is 0 Å². The van der Waals surface area contributed by atoms with Crippen molar-refractivity contribution in [2.45, 2.75) is 31.4 Å². The van der Waals surface area contributed by atoms with Crippen molar-refractivity contribution in [2.75, 3.05) is 13.2 Å². The maximum absolute atomic E-state index is 13.7. The zero-order valence-electron chi connectivity index (χ0n) is 14.8. The maximum atomic E-state index is 13.7. The molecule has 0 aliphatic carbocycles. The molecule has 0 radical (unpaired) electrons. The number of rotatable bonds is 6. The molecule has 0 bridgehead atoms. The van der Waals surface area contributed by atoms with Gasteiger partial charge in [-0.15, -0.1) is 0 Å². The van der Waals surface area contributed by atoms with Crippen LogP contribution in [0.4, 0.5) is 4.39 Å². The van der Waals surface area contributed by atoms with E-state index in [0.717, 1.165) is 11.1 Å². The van der Waals surface area contributed by atoms with E-state index in [4.69, 9.17) is 26.6 Å². The van der Waals surface area contributed by atoms with Crippen LogP contribution in [0.5, 0.6) is 5.75 Å². The van der Waals surface area contributed by atoms with Crippen LogP contribution in [0.15, 0.2) is 36.4 Å². The third kappa shape index (κ3) is 4.40. The van der Waals surface area contributed by atoms with Crippen LogP contribution in [-0.4, -0.2) is 41.0 Å². The third-order valence-electron chi connectivity index (χ3n) is 4.58. The topological polar surface area (TPSA) is 78.8 Å². The van der Waals surface area contributed by atoms with E-state index in [1.807, 2.05) is 6.92 Å². The fraction of sp³-hybridized carbons (Fsp3) is 0.350. The fourth-order valence-electron chi connectivity index (χ4n) is 3.26. The van der Waals surface area contributed by atoms with Gasteiger partial charge in [0, 0.05) is 18.4 Å². The number of aliphatic hydroxyl groups excluding tert-OH is 2. The summed E-state index contributed by atoms with van der Waals surface area (Å²) < 4.78 is 19.8. The number of aliphatic hydroxyl groups is 2. The Hall–Kier alpha value is -2.15. The molecular weight excluding hydrogens is 373 g/mol. The molecule has 144 valence electrons. The Morgan fingerprint density at radius 1 is 1.30 bits per heavy atom. The molecule has 1 heterocycles. The molecule has 0 saturated carbocycles. The lowest BCUT2D eigenvalue weighted by Gasteiger charge is -2.24. The van der Waals surface area contributed by atoms with Crippen LogP contribution in [-0.2, 0) is 12.8 Å². The number of benzene rings is 2. The molecule has 0 aromatic heterocycles. The SMILES string of the molecule is C[C@]1(Cc2ccc(Cl)c(F)c2)Cc2cc(C(=O)NC(CO)CO)ccc2O1. The van der Waals surface area contributed by atoms with E-state index < -0.39 is 17.5 Å². The summed E-state index contributed by atoms with van der Waals surface area (Å²) in [7, 11) is 0. The van der Waals surface area contributed by atoms with Crippen molar-refractivity contribution in [1.82, 2.24) is 5.32 Å². The molecule has 0 fully saturated rings. The third-order valence-corrected chi connectivity index (χ3v) is 4.89. The van der Waals surface area contributed by atoms with E-state index in [1.54, 1.807) is 24.3 Å². The van der Waals surface area contributed by atoms with Crippen molar-refractivity contribution in [3.8, 4) is 5.75 Å². The van der Waals surface area contributed by atoms with Crippen LogP contribution in [0, 0.1) is 5.82 Å². The lowest BCUT2D eigenvalue weighted by Crippen LogP contribution is -2.40. The molecule has 1 aliphatic heterocycles. The number of hydrogen-bond donors (Lipinski definition) is 3. The lowest BCUT2D eigenvalue weighted by molar-refractivity contribution is 0.0879. The summed E-state index contributed by atoms with van der Waals surface area (Å²) in [6.07, 6.45) is 1.06. The summed E-state index contributed by atoms with van der Waals surface area (Å²) in [4.78, 5) is 12.3. The first-order valence-corrected chi connectivity index (χ1v) is 9.00. The van der Waals surface area contributed by atoms with E-state index in [0.29, 0.717) is 24.2 Å². The number of nitrogens with one attached hydrogen (secondary N) is 1. The number of halogens is 2. The van der Waals surface area contributed by atoms with Crippen LogP contribution in [0.2, 0.25) is 5.02 Å². The lowest BCUT2D eigenvalue weighted by atomic mass is 9.91. The predicted octanol–water partition coefficient (Wildman–Crippen LogP) is 2.50. The molecule has 0 saturated heterocycles. The molecule has 1 aliphatic rings. The van der Waals surface area contributed by atoms with Crippen molar-refractivity contribution in [1.29, 1.82) is 0 Å². The normalized spacial score (nSPS) is 18.3. The summed E-state index contributed by atoms with van der Waals surface area (Å²) in [6, 6.07) is 9.10. The standard InChI is InChI=1S/C20H21ClFNO4/c1-20(8-12-2-4-16(21)17(22)6-12)9-14-7-13(3-5-18(14)27-20)19(26)23-15(10-24)11-25/h2-7,15,24-25H,8-11H2,1H3,(H,23,26)/t20-/m0/s1. The molecule has 3 N–H and O–H groups in total. The molecule has 0 unspecified atom stereocenters. The number of fused-ring (bicyclic) bond motifs is 1. The Labute approximate surface area is 161 Å². The molecule has 3 rings (SSSR count). The highest BCUT2D eigenvalue weighted by Gasteiger charge is 2.35. The van der Waals surface area contributed by atoms with Gasteiger partial charge in [-0.25, -0.2) is 4.39 Å². The van der Waals surface area contributed by atoms with Gasteiger partial charge in [-0.05, 0) is 48.4 Å². The van der Waals surface area contributed by atoms with Gasteiger partial charge in [0.25, 0.3) is 5.91 Å². The van der Waals surface area contributed by atoms with Crippen molar-refractivity contribution in [3.05, 3.63) is 63.9 Å². The second-order valence-corrected chi connectivity index (χ2v) is 7.42. The summed E-state index contributed by atoms with van der Waals surface area (Å²) in [5.41, 5.74) is 1.52. The summed E-state index contributed by atoms with van der Waals surface area (Å²) >= 11 is 5.73. The highest BCUT2D eigenvalue weighted by atomic mass is 35.5. The average Bonchev–Trinajstić information content (AvgIpc) is 2.97. The Balaban J connectivity index is 1.74. The second kappa shape index (κ2) is 7.84. The summed E-state index contributed by atoms with van der Waals surface area (Å²) in [5.74, 6) is -0.154. The molecule has 27 heavy (non-hydrogen) atoms. The van der Waals surface area contributed by atoms with Gasteiger partial charge in [-0.1, -0.05) is 17.7 Å². The average molecular weight is 394 g/mol. The van der Waals surface area contributed by atoms with E-state index >= 15 is 0 Å². The van der Waals surface area contributed by atoms with Crippen LogP contribution >= 0.6 is 11.6 Å². The molecule has 1 atom stereocenters. The molecule has 7 heteroatoms. The Morgan fingerprint density at radius 3 is 2.70 bits per heavy atom. The van der Waals surface area contributed by atoms with Crippen molar-refractivity contribution >= 4 is 17.5 Å². The fourth-order valence-corrected chi connectivity index (χ4v) is 3.38. The Morgan fingerprint density at radius 2 is 2.04 bits per heavy atom. The largest absolute Gasteiger partial charge is 0.487 e. The summed E-state index contributed by atoms with van der Waals surface area (Å²) in [5, 5.41) is 20.8. The van der Waals surface area contributed by atoms with Gasteiger partial charge in [-0.3, -0.25) is 4.79 Å². The minimum Gasteiger partial charge on any atom is -0.487 e.